The van der Waals surface area contributed by atoms with Crippen molar-refractivity contribution in [2.45, 2.75) is 52.7 Å². The van der Waals surface area contributed by atoms with E-state index in [9.17, 15) is 14.4 Å². The van der Waals surface area contributed by atoms with E-state index in [4.69, 9.17) is 19.3 Å². The van der Waals surface area contributed by atoms with Crippen LogP contribution in [0.1, 0.15) is 52.0 Å². The number of aliphatic carboxylic acids is 1. The first-order chi connectivity index (χ1) is 15.6. The van der Waals surface area contributed by atoms with Crippen molar-refractivity contribution in [3.8, 4) is 5.75 Å². The van der Waals surface area contributed by atoms with Crippen LogP contribution in [0.15, 0.2) is 36.4 Å². The quantitative estimate of drug-likeness (QED) is 0.370. The van der Waals surface area contributed by atoms with Crippen molar-refractivity contribution in [1.82, 2.24) is 5.32 Å². The summed E-state index contributed by atoms with van der Waals surface area (Å²) >= 11 is 0. The van der Waals surface area contributed by atoms with Crippen LogP contribution in [-0.2, 0) is 19.1 Å². The Labute approximate surface area is 194 Å². The maximum absolute atomic E-state index is 12.6. The summed E-state index contributed by atoms with van der Waals surface area (Å²) in [6, 6.07) is 11.4. The number of carbonyl (C=O) groups is 3. The maximum atomic E-state index is 12.6. The van der Waals surface area contributed by atoms with Crippen molar-refractivity contribution in [3.63, 3.8) is 0 Å². The number of rotatable bonds is 11. The fourth-order valence-electron chi connectivity index (χ4n) is 3.64. The molecule has 8 nitrogen and oxygen atoms in total. The van der Waals surface area contributed by atoms with E-state index < -0.39 is 30.2 Å². The Morgan fingerprint density at radius 3 is 2.27 bits per heavy atom. The number of alkyl carbamates (subject to hydrolysis) is 1. The number of carbonyl (C=O) groups excluding carboxylic acids is 2. The topological polar surface area (TPSA) is 111 Å². The van der Waals surface area contributed by atoms with Gasteiger partial charge in [-0.25, -0.2) is 4.79 Å². The van der Waals surface area contributed by atoms with Gasteiger partial charge >= 0.3 is 18.0 Å². The number of ether oxygens (including phenoxy) is 3. The van der Waals surface area contributed by atoms with E-state index in [1.165, 1.54) is 6.92 Å². The summed E-state index contributed by atoms with van der Waals surface area (Å²) in [5, 5.41) is 13.5. The third-order valence-corrected chi connectivity index (χ3v) is 5.28. The van der Waals surface area contributed by atoms with Crippen LogP contribution in [0.2, 0.25) is 0 Å². The minimum Gasteiger partial charge on any atom is -0.497 e. The number of nitrogens with one attached hydrogen (secondary N) is 1. The molecule has 2 rings (SSSR count). The van der Waals surface area contributed by atoms with Crippen LogP contribution in [0.5, 0.6) is 5.75 Å². The van der Waals surface area contributed by atoms with E-state index in [-0.39, 0.29) is 18.9 Å². The number of esters is 1. The van der Waals surface area contributed by atoms with Crippen molar-refractivity contribution >= 4 is 28.8 Å². The molecule has 8 heteroatoms. The van der Waals surface area contributed by atoms with Gasteiger partial charge < -0.3 is 24.6 Å². The fourth-order valence-corrected chi connectivity index (χ4v) is 3.64. The lowest BCUT2D eigenvalue weighted by atomic mass is 9.94. The number of carboxylic acids is 1. The molecule has 0 aliphatic carbocycles. The Bertz CT molecular complexity index is 972. The van der Waals surface area contributed by atoms with E-state index in [0.29, 0.717) is 12.3 Å². The van der Waals surface area contributed by atoms with Crippen LogP contribution in [0.4, 0.5) is 4.79 Å². The lowest BCUT2D eigenvalue weighted by Crippen LogP contribution is -2.34. The Morgan fingerprint density at radius 2 is 1.64 bits per heavy atom. The van der Waals surface area contributed by atoms with Gasteiger partial charge in [0.2, 0.25) is 6.29 Å². The molecule has 0 saturated heterocycles. The molecule has 0 aliphatic heterocycles. The summed E-state index contributed by atoms with van der Waals surface area (Å²) < 4.78 is 15.6. The summed E-state index contributed by atoms with van der Waals surface area (Å²) in [6.45, 7) is 7.33. The molecule has 0 fully saturated rings. The molecule has 0 aromatic heterocycles. The van der Waals surface area contributed by atoms with Gasteiger partial charge in [0.15, 0.2) is 0 Å². The number of fused-ring (bicyclic) bond motifs is 1. The van der Waals surface area contributed by atoms with Crippen LogP contribution in [0, 0.1) is 11.8 Å². The highest BCUT2D eigenvalue weighted by Crippen LogP contribution is 2.26. The van der Waals surface area contributed by atoms with Crippen molar-refractivity contribution in [2.75, 3.05) is 13.7 Å². The van der Waals surface area contributed by atoms with Gasteiger partial charge in [0.1, 0.15) is 5.75 Å². The van der Waals surface area contributed by atoms with E-state index >= 15 is 0 Å². The highest BCUT2D eigenvalue weighted by atomic mass is 16.7. The smallest absolute Gasteiger partial charge is 0.410 e. The van der Waals surface area contributed by atoms with Crippen LogP contribution in [0.25, 0.3) is 10.8 Å². The predicted octanol–water partition coefficient (Wildman–Crippen LogP) is 4.70. The second kappa shape index (κ2) is 12.1. The van der Waals surface area contributed by atoms with Crippen molar-refractivity contribution in [2.24, 2.45) is 11.8 Å². The highest BCUT2D eigenvalue weighted by molar-refractivity contribution is 5.86. The molecule has 2 N–H and O–H groups in total. The third-order valence-electron chi connectivity index (χ3n) is 5.28. The molecule has 33 heavy (non-hydrogen) atoms. The predicted molar refractivity (Wildman–Crippen MR) is 124 cm³/mol. The number of hydrogen-bond acceptors (Lipinski definition) is 6. The van der Waals surface area contributed by atoms with Gasteiger partial charge in [0.25, 0.3) is 0 Å². The molecule has 0 saturated carbocycles. The van der Waals surface area contributed by atoms with Gasteiger partial charge in [-0.2, -0.15) is 0 Å². The number of methoxy groups -OCH3 is 1. The van der Waals surface area contributed by atoms with Crippen LogP contribution in [0.3, 0.4) is 0 Å². The number of amides is 1. The average Bonchev–Trinajstić information content (AvgIpc) is 2.75. The monoisotopic (exact) mass is 459 g/mol. The lowest BCUT2D eigenvalue weighted by molar-refractivity contribution is -0.166. The number of hydrogen-bond donors (Lipinski definition) is 2. The maximum Gasteiger partial charge on any atom is 0.410 e. The molecule has 2 aromatic rings. The Morgan fingerprint density at radius 1 is 0.970 bits per heavy atom. The molecule has 2 aromatic carbocycles. The number of carboxylic acid groups (broad SMARTS) is 1. The summed E-state index contributed by atoms with van der Waals surface area (Å²) in [5.41, 5.74) is 0.777. The molecule has 1 amide bonds. The second-order valence-electron chi connectivity index (χ2n) is 8.58. The summed E-state index contributed by atoms with van der Waals surface area (Å²) in [4.78, 5) is 35.6. The zero-order valence-corrected chi connectivity index (χ0v) is 19.8. The van der Waals surface area contributed by atoms with Gasteiger partial charge in [-0.1, -0.05) is 38.1 Å². The zero-order chi connectivity index (χ0) is 24.5. The van der Waals surface area contributed by atoms with Crippen LogP contribution < -0.4 is 10.1 Å². The van der Waals surface area contributed by atoms with Gasteiger partial charge in [-0.05, 0) is 53.6 Å². The van der Waals surface area contributed by atoms with Crippen molar-refractivity contribution in [1.29, 1.82) is 0 Å². The molecular formula is C25H33NO7. The molecule has 3 atom stereocenters. The van der Waals surface area contributed by atoms with Crippen LogP contribution >= 0.6 is 0 Å². The van der Waals surface area contributed by atoms with Gasteiger partial charge in [-0.3, -0.25) is 9.59 Å². The Hall–Kier alpha value is -3.29. The van der Waals surface area contributed by atoms with Crippen molar-refractivity contribution < 1.29 is 33.7 Å². The first-order valence-corrected chi connectivity index (χ1v) is 11.0. The summed E-state index contributed by atoms with van der Waals surface area (Å²) in [7, 11) is 1.61. The highest BCUT2D eigenvalue weighted by Gasteiger charge is 2.22. The number of benzene rings is 2. The SMILES string of the molecule is COc1ccc2cc(C(C)C(=O)O[C@H](C)OC(=O)NCC(CC(=O)O)CC(C)C)ccc2c1. The molecule has 2 unspecified atom stereocenters. The minimum atomic E-state index is -1.09. The lowest BCUT2D eigenvalue weighted by Gasteiger charge is -2.20. The largest absolute Gasteiger partial charge is 0.497 e. The third kappa shape index (κ3) is 8.29. The zero-order valence-electron chi connectivity index (χ0n) is 19.8. The minimum absolute atomic E-state index is 0.0426. The molecule has 0 bridgehead atoms. The standard InChI is InChI=1S/C25H33NO7/c1-15(2)10-18(11-23(27)28)14-26-25(30)33-17(4)32-24(29)16(3)19-6-7-21-13-22(31-5)9-8-20(21)12-19/h6-9,12-13,15-18H,10-11,14H2,1-5H3,(H,26,30)(H,27,28)/t16?,17-,18?/m0/s1. The molecule has 0 heterocycles. The van der Waals surface area contributed by atoms with Crippen LogP contribution in [-0.4, -0.2) is 43.1 Å². The molecule has 180 valence electrons. The first-order valence-electron chi connectivity index (χ1n) is 11.0. The van der Waals surface area contributed by atoms with E-state index in [0.717, 1.165) is 22.1 Å². The normalized spacial score (nSPS) is 13.8. The average molecular weight is 460 g/mol. The van der Waals surface area contributed by atoms with Gasteiger partial charge in [0, 0.05) is 19.9 Å². The van der Waals surface area contributed by atoms with E-state index in [2.05, 4.69) is 5.32 Å². The van der Waals surface area contributed by atoms with E-state index in [1.54, 1.807) is 14.0 Å². The van der Waals surface area contributed by atoms with Crippen molar-refractivity contribution in [3.05, 3.63) is 42.0 Å². The van der Waals surface area contributed by atoms with E-state index in [1.807, 2.05) is 50.2 Å². The Kier molecular flexibility index (Phi) is 9.51. The molecule has 0 spiro atoms. The fraction of sp³-hybridized carbons (Fsp3) is 0.480. The van der Waals surface area contributed by atoms with Gasteiger partial charge in [0.05, 0.1) is 13.0 Å². The Balaban J connectivity index is 1.89. The molecule has 0 aliphatic rings. The molecular weight excluding hydrogens is 426 g/mol. The first kappa shape index (κ1) is 26.0. The second-order valence-corrected chi connectivity index (χ2v) is 8.58. The van der Waals surface area contributed by atoms with Gasteiger partial charge in [-0.15, -0.1) is 0 Å². The summed E-state index contributed by atoms with van der Waals surface area (Å²) in [6.07, 6.45) is -1.24. The molecule has 0 radical (unpaired) electrons. The summed E-state index contributed by atoms with van der Waals surface area (Å²) in [5.74, 6) is -1.15.